The molecule has 1 unspecified atom stereocenters. The highest BCUT2D eigenvalue weighted by atomic mass is 16.4. The first kappa shape index (κ1) is 73.8. The number of carboxylic acids is 5. The van der Waals surface area contributed by atoms with Gasteiger partial charge in [-0.15, -0.1) is 0 Å². The fourth-order valence-corrected chi connectivity index (χ4v) is 10.1. The van der Waals surface area contributed by atoms with Crippen LogP contribution in [0.3, 0.4) is 0 Å². The monoisotopic (exact) mass is 1260 g/mol. The van der Waals surface area contributed by atoms with Crippen LogP contribution in [0.2, 0.25) is 0 Å². The van der Waals surface area contributed by atoms with Gasteiger partial charge < -0.3 is 86.5 Å². The Hall–Kier alpha value is -8.69. The number of aliphatic carboxylic acids is 5. The number of nitrogens with one attached hydrogen (secondary N) is 6. The Balaban J connectivity index is 1.32. The summed E-state index contributed by atoms with van der Waals surface area (Å²) in [7, 11) is 0. The van der Waals surface area contributed by atoms with Gasteiger partial charge in [-0.25, -0.2) is 9.78 Å². The SMILES string of the molecule is C[C@H](NC(=O)[C@H](CC(=O)O)CC(=O)CCCNc1c(NCCCC(C(=O)[O-])N2CCN(CC=O)CCN(CC(=O)[O-])CCN(CC(=O)[O-])CC2)c(=O)c1=O)C(=O)C[C@@H](Cc1cnc[nH]1)C(=O)N[C@@H](CO)C(=O)C[C@@H](Cc1ccccc1)C(=O)N[C@@H](CO)C(=O)O. The first-order chi connectivity index (χ1) is 42.8. The number of benzene rings is 1. The van der Waals surface area contributed by atoms with Gasteiger partial charge in [0.2, 0.25) is 17.7 Å². The molecule has 1 aliphatic heterocycles. The average Bonchev–Trinajstić information content (AvgIpc) is 1.01. The second-order valence-electron chi connectivity index (χ2n) is 21.9. The van der Waals surface area contributed by atoms with Crippen LogP contribution < -0.4 is 52.8 Å². The summed E-state index contributed by atoms with van der Waals surface area (Å²) in [4.78, 5) is 190. The number of aromatic nitrogens is 2. The molecular weight excluding hydrogens is 1190 g/mol. The normalized spacial score (nSPS) is 16.3. The van der Waals surface area contributed by atoms with Crippen LogP contribution in [0.25, 0.3) is 0 Å². The molecule has 32 heteroatoms. The van der Waals surface area contributed by atoms with Crippen molar-refractivity contribution in [3.05, 3.63) is 74.6 Å². The van der Waals surface area contributed by atoms with Gasteiger partial charge in [-0.2, -0.15) is 0 Å². The van der Waals surface area contributed by atoms with Crippen molar-refractivity contribution in [1.82, 2.24) is 45.5 Å². The molecule has 4 rings (SSSR count). The Morgan fingerprint density at radius 1 is 0.644 bits per heavy atom. The zero-order valence-electron chi connectivity index (χ0n) is 49.8. The molecule has 32 nitrogen and oxygen atoms in total. The first-order valence-electron chi connectivity index (χ1n) is 29.3. The van der Waals surface area contributed by atoms with Gasteiger partial charge in [0.05, 0.1) is 68.3 Å². The zero-order chi connectivity index (χ0) is 66.5. The molecule has 3 aromatic rings. The van der Waals surface area contributed by atoms with E-state index in [1.165, 1.54) is 24.3 Å². The summed E-state index contributed by atoms with van der Waals surface area (Å²) >= 11 is 0. The predicted molar refractivity (Wildman–Crippen MR) is 310 cm³/mol. The van der Waals surface area contributed by atoms with Crippen molar-refractivity contribution < 1.29 is 93.3 Å². The number of amides is 3. The number of aromatic amines is 1. The molecule has 0 saturated carbocycles. The smallest absolute Gasteiger partial charge is 0.328 e. The van der Waals surface area contributed by atoms with Gasteiger partial charge in [0.25, 0.3) is 10.9 Å². The van der Waals surface area contributed by atoms with Crippen LogP contribution in [0.15, 0.2) is 52.4 Å². The average molecular weight is 1270 g/mol. The minimum atomic E-state index is -1.69. The number of imidazole rings is 1. The minimum Gasteiger partial charge on any atom is -0.549 e. The number of carboxylic acid groups (broad SMARTS) is 5. The van der Waals surface area contributed by atoms with Crippen molar-refractivity contribution in [2.45, 2.75) is 95.3 Å². The molecular formula is C58H78N11O21-3. The molecule has 1 aromatic heterocycles. The fraction of sp³-hybridized carbons (Fsp3) is 0.569. The number of aliphatic hydroxyl groups excluding tert-OH is 2. The number of carbonyl (C=O) groups is 12. The maximum atomic E-state index is 13.9. The van der Waals surface area contributed by atoms with Gasteiger partial charge in [0.1, 0.15) is 35.5 Å². The number of aldehydes is 1. The van der Waals surface area contributed by atoms with Crippen molar-refractivity contribution in [3.63, 3.8) is 0 Å². The fourth-order valence-electron chi connectivity index (χ4n) is 10.1. The van der Waals surface area contributed by atoms with Crippen LogP contribution in [0, 0.1) is 17.8 Å². The molecule has 1 aliphatic rings. The number of aliphatic hydroxyl groups is 2. The van der Waals surface area contributed by atoms with Gasteiger partial charge in [-0.05, 0) is 38.2 Å². The molecule has 494 valence electrons. The predicted octanol–water partition coefficient (Wildman–Crippen LogP) is -7.34. The largest absolute Gasteiger partial charge is 0.549 e. The van der Waals surface area contributed by atoms with Gasteiger partial charge in [0, 0.05) is 134 Å². The van der Waals surface area contributed by atoms with E-state index in [0.29, 0.717) is 17.5 Å². The van der Waals surface area contributed by atoms with Crippen LogP contribution in [0.4, 0.5) is 11.4 Å². The third-order valence-electron chi connectivity index (χ3n) is 15.2. The molecule has 7 atom stereocenters. The molecule has 3 amide bonds. The van der Waals surface area contributed by atoms with Crippen molar-refractivity contribution in [2.24, 2.45) is 17.8 Å². The number of anilines is 2. The quantitative estimate of drug-likeness (QED) is 0.0143. The van der Waals surface area contributed by atoms with E-state index < -0.39 is 170 Å². The second-order valence-corrected chi connectivity index (χ2v) is 21.9. The third-order valence-corrected chi connectivity index (χ3v) is 15.2. The summed E-state index contributed by atoms with van der Waals surface area (Å²) in [6.45, 7) is -0.740. The topological polar surface area (TPSA) is 491 Å². The first-order valence-corrected chi connectivity index (χ1v) is 29.3. The maximum absolute atomic E-state index is 13.9. The molecule has 2 heterocycles. The molecule has 1 saturated heterocycles. The molecule has 0 radical (unpaired) electrons. The highest BCUT2D eigenvalue weighted by Gasteiger charge is 2.34. The van der Waals surface area contributed by atoms with E-state index in [4.69, 9.17) is 0 Å². The van der Waals surface area contributed by atoms with Crippen molar-refractivity contribution in [1.29, 1.82) is 0 Å². The number of hydrogen-bond donors (Lipinski definition) is 10. The summed E-state index contributed by atoms with van der Waals surface area (Å²) in [6, 6.07) is 2.45. The number of hydrogen-bond acceptors (Lipinski definition) is 26. The Morgan fingerprint density at radius 3 is 1.69 bits per heavy atom. The van der Waals surface area contributed by atoms with E-state index in [9.17, 15) is 103 Å². The lowest BCUT2D eigenvalue weighted by molar-refractivity contribution is -0.312. The van der Waals surface area contributed by atoms with Crippen LogP contribution in [0.1, 0.15) is 69.5 Å². The summed E-state index contributed by atoms with van der Waals surface area (Å²) in [5, 5.41) is 87.1. The van der Waals surface area contributed by atoms with Crippen molar-refractivity contribution >= 4 is 82.6 Å². The zero-order valence-corrected chi connectivity index (χ0v) is 49.8. The highest BCUT2D eigenvalue weighted by molar-refractivity contribution is 5.97. The lowest BCUT2D eigenvalue weighted by atomic mass is 9.90. The maximum Gasteiger partial charge on any atom is 0.328 e. The summed E-state index contributed by atoms with van der Waals surface area (Å²) in [5.41, 5.74) is -0.995. The Morgan fingerprint density at radius 2 is 1.17 bits per heavy atom. The van der Waals surface area contributed by atoms with E-state index in [1.807, 2.05) is 0 Å². The molecule has 0 spiro atoms. The minimum absolute atomic E-state index is 0.00132. The van der Waals surface area contributed by atoms with E-state index in [0.717, 1.165) is 0 Å². The van der Waals surface area contributed by atoms with Crippen LogP contribution in [0.5, 0.6) is 0 Å². The number of nitrogens with zero attached hydrogens (tertiary/aromatic N) is 5. The lowest BCUT2D eigenvalue weighted by Crippen LogP contribution is -2.54. The third kappa shape index (κ3) is 25.1. The number of rotatable bonds is 41. The summed E-state index contributed by atoms with van der Waals surface area (Å²) in [6.07, 6.45) is 0.329. The standard InChI is InChI=1S/C58H81N11O21/c1-35(45(74)26-38(24-40-29-59-34-62-40)56(86)64-42(32-71)46(75)27-37(23-36-7-3-2-4-8-36)55(85)65-43(33-72)57(87)88)63-54(84)39(28-47(76)77)25-41(73)9-5-11-60-50-51(53(83)52(50)82)61-12-6-10-44(58(89)90)69-19-17-66(21-22-70)13-14-67(30-48(78)79)15-16-68(18-20-69)31-49(80)81/h2-4,7-8,22,29,34-35,37-39,42-44,60-61,71-72H,5-6,9-21,23-28,30-33H2,1H3,(H,59,62)(H,63,84)(H,64,86)(H,65,85)(H,76,77)(H,78,79)(H,80,81)(H,87,88)(H,89,90)/p-3/t35-,37+,38+,39-,42-,43-,44?/m0/s1. The van der Waals surface area contributed by atoms with Crippen LogP contribution in [-0.2, 0) is 70.4 Å². The van der Waals surface area contributed by atoms with Crippen LogP contribution >= 0.6 is 0 Å². The van der Waals surface area contributed by atoms with Crippen molar-refractivity contribution in [2.75, 3.05) is 109 Å². The van der Waals surface area contributed by atoms with E-state index in [2.05, 4.69) is 36.6 Å². The number of Topliss-reactive ketones (excluding diaryl/α,β-unsaturated/α-hetero) is 3. The number of ketones is 3. The Labute approximate surface area is 516 Å². The van der Waals surface area contributed by atoms with Gasteiger partial charge in [0.15, 0.2) is 11.6 Å². The van der Waals surface area contributed by atoms with Gasteiger partial charge in [-0.1, -0.05) is 30.3 Å². The van der Waals surface area contributed by atoms with E-state index in [1.54, 1.807) is 45.0 Å². The summed E-state index contributed by atoms with van der Waals surface area (Å²) in [5.74, 6) is -16.1. The van der Waals surface area contributed by atoms with E-state index in [-0.39, 0.29) is 122 Å². The molecule has 2 aromatic carbocycles. The highest BCUT2D eigenvalue weighted by Crippen LogP contribution is 2.20. The molecule has 90 heavy (non-hydrogen) atoms. The van der Waals surface area contributed by atoms with Crippen molar-refractivity contribution in [3.8, 4) is 0 Å². The lowest BCUT2D eigenvalue weighted by Gasteiger charge is -2.37. The number of H-pyrrole nitrogens is 1. The molecule has 0 bridgehead atoms. The molecule has 10 N–H and O–H groups in total. The molecule has 1 fully saturated rings. The Kier molecular flexibility index (Phi) is 31.1. The summed E-state index contributed by atoms with van der Waals surface area (Å²) < 4.78 is 0. The molecule has 0 aliphatic carbocycles. The van der Waals surface area contributed by atoms with E-state index >= 15 is 0 Å². The van der Waals surface area contributed by atoms with Crippen LogP contribution in [-0.4, -0.2) is 244 Å². The van der Waals surface area contributed by atoms with Gasteiger partial charge in [-0.3, -0.25) is 62.8 Å². The second kappa shape index (κ2) is 38.0. The Bertz CT molecular complexity index is 2990. The number of carbonyl (C=O) groups excluding carboxylic acids is 10. The van der Waals surface area contributed by atoms with Gasteiger partial charge >= 0.3 is 11.9 Å².